The average Bonchev–Trinajstić information content (AvgIpc) is 3.81. The van der Waals surface area contributed by atoms with E-state index in [0.29, 0.717) is 5.56 Å². The second-order valence-corrected chi connectivity index (χ2v) is 24.2. The van der Waals surface area contributed by atoms with E-state index in [4.69, 9.17) is 11.6 Å². The van der Waals surface area contributed by atoms with Crippen LogP contribution in [0.25, 0.3) is 76.4 Å². The molecule has 0 amide bonds. The first-order chi connectivity index (χ1) is 29.6. The van der Waals surface area contributed by atoms with Gasteiger partial charge in [0.05, 0.1) is 36.4 Å². The van der Waals surface area contributed by atoms with Gasteiger partial charge in [-0.15, -0.1) is 11.3 Å². The van der Waals surface area contributed by atoms with E-state index in [0.717, 1.165) is 64.5 Å². The smallest absolute Gasteiger partial charge is 0.258 e. The van der Waals surface area contributed by atoms with Crippen molar-refractivity contribution in [3.8, 4) is 45.5 Å². The van der Waals surface area contributed by atoms with Crippen LogP contribution in [0, 0.1) is 25.2 Å². The van der Waals surface area contributed by atoms with Crippen LogP contribution in [-0.2, 0) is 6.42 Å². The van der Waals surface area contributed by atoms with Gasteiger partial charge in [0.1, 0.15) is 11.4 Å². The third-order valence-electron chi connectivity index (χ3n) is 13.2. The Morgan fingerprint density at radius 1 is 0.836 bits per heavy atom. The summed E-state index contributed by atoms with van der Waals surface area (Å²) >= 11 is 1.89. The van der Waals surface area contributed by atoms with Gasteiger partial charge < -0.3 is 0 Å². The van der Waals surface area contributed by atoms with Gasteiger partial charge in [-0.05, 0) is 91.4 Å². The highest BCUT2D eigenvalue weighted by atomic mass is 32.1. The Labute approximate surface area is 362 Å². The van der Waals surface area contributed by atoms with Crippen molar-refractivity contribution in [3.05, 3.63) is 168 Å². The number of pyridine rings is 2. The maximum atomic E-state index is 9.79. The number of fused-ring (bicyclic) bond motifs is 15. The first-order valence-corrected chi connectivity index (χ1v) is 25.7. The molecule has 2 aliphatic heterocycles. The molecule has 2 unspecified atom stereocenters. The molecule has 0 bridgehead atoms. The lowest BCUT2D eigenvalue weighted by Gasteiger charge is -2.32. The number of benzene rings is 5. The van der Waals surface area contributed by atoms with Crippen molar-refractivity contribution in [2.45, 2.75) is 64.7 Å². The number of hydrogen-bond donors (Lipinski definition) is 0. The molecule has 5 aromatic carbocycles. The Morgan fingerprint density at radius 3 is 2.36 bits per heavy atom. The first-order valence-electron chi connectivity index (χ1n) is 21.4. The van der Waals surface area contributed by atoms with Crippen LogP contribution in [-0.4, -0.2) is 17.6 Å². The van der Waals surface area contributed by atoms with Crippen molar-refractivity contribution >= 4 is 61.5 Å². The number of nitrogens with zero attached hydrogens (tertiary/aromatic N) is 5. The van der Waals surface area contributed by atoms with Crippen molar-refractivity contribution in [1.82, 2.24) is 9.55 Å². The molecule has 9 aromatic rings. The van der Waals surface area contributed by atoms with Crippen LogP contribution in [0.5, 0.6) is 0 Å². The predicted molar refractivity (Wildman–Crippen MR) is 254 cm³/mol. The van der Waals surface area contributed by atoms with Crippen LogP contribution in [0.2, 0.25) is 19.6 Å². The summed E-state index contributed by atoms with van der Waals surface area (Å²) in [5, 5.41) is 13.8. The van der Waals surface area contributed by atoms with Gasteiger partial charge in [0, 0.05) is 61.7 Å². The van der Waals surface area contributed by atoms with Gasteiger partial charge in [0.2, 0.25) is 5.69 Å². The SMILES string of the molecule is C=C1CC2C(CCc3cc(-c4ccc(C#N)cc4)c4c(sc5ccccc54)c3-c3n1c1ccccc1[n+]3-c1cc(C)nc(C)c1)c1ccccc1-c1ccc([Si](C)(C)C)c[n+]12. The predicted octanol–water partition coefficient (Wildman–Crippen LogP) is 12.1. The third kappa shape index (κ3) is 5.95. The Hall–Kier alpha value is -6.46. The molecule has 0 spiro atoms. The summed E-state index contributed by atoms with van der Waals surface area (Å²) in [6.07, 6.45) is 5.15. The lowest BCUT2D eigenvalue weighted by Crippen LogP contribution is -2.52. The third-order valence-corrected chi connectivity index (χ3v) is 16.4. The van der Waals surface area contributed by atoms with Gasteiger partial charge in [-0.3, -0.25) is 4.98 Å². The molecule has 0 radical (unpaired) electrons. The minimum absolute atomic E-state index is 0.161. The monoisotopic (exact) mass is 825 g/mol. The minimum atomic E-state index is -1.64. The fourth-order valence-electron chi connectivity index (χ4n) is 10.4. The molecule has 6 heterocycles. The summed E-state index contributed by atoms with van der Waals surface area (Å²) in [7, 11) is -1.64. The summed E-state index contributed by atoms with van der Waals surface area (Å²) in [6, 6.07) is 49.3. The van der Waals surface area contributed by atoms with Crippen molar-refractivity contribution < 1.29 is 9.13 Å². The summed E-state index contributed by atoms with van der Waals surface area (Å²) < 4.78 is 10.2. The topological polar surface area (TPSA) is 49.4 Å². The van der Waals surface area contributed by atoms with Gasteiger partial charge >= 0.3 is 5.82 Å². The standard InChI is InChI=1S/C54H47N5SSi/c1-33-27-39(28-34(2)56-33)59-48-17-11-10-16-47(48)58-35(3)29-49-43(41-13-7-8-14-42(41)46-26-24-40(32-57(46)49)61(4,5)6)25-23-38-30-45(37-21-19-36(31-55)20-22-37)52-44-15-9-12-18-50(44)60-53(52)51(38)54(58)59/h7-22,24,26-28,30,32,43,49H,3,23,25,29H2,1-2,4-6H3/q+2. The van der Waals surface area contributed by atoms with Gasteiger partial charge in [-0.1, -0.05) is 93.0 Å². The second-order valence-electron chi connectivity index (χ2n) is 18.1. The van der Waals surface area contributed by atoms with Crippen LogP contribution >= 0.6 is 11.3 Å². The number of thiophene rings is 1. The number of aromatic nitrogens is 4. The zero-order valence-electron chi connectivity index (χ0n) is 35.3. The van der Waals surface area contributed by atoms with Crippen LogP contribution in [0.3, 0.4) is 0 Å². The molecule has 7 heteroatoms. The van der Waals surface area contributed by atoms with E-state index in [2.05, 4.69) is 175 Å². The van der Waals surface area contributed by atoms with E-state index in [1.807, 2.05) is 23.5 Å². The Balaban J connectivity index is 1.28. The van der Waals surface area contributed by atoms with Crippen LogP contribution in [0.1, 0.15) is 52.9 Å². The highest BCUT2D eigenvalue weighted by molar-refractivity contribution is 7.26. The molecule has 11 rings (SSSR count). The number of aryl methyl sites for hydroxylation is 3. The van der Waals surface area contributed by atoms with E-state index in [-0.39, 0.29) is 12.0 Å². The molecular formula is C54H47N5SSi+2. The van der Waals surface area contributed by atoms with Crippen molar-refractivity contribution in [3.63, 3.8) is 0 Å². The summed E-state index contributed by atoms with van der Waals surface area (Å²) in [5.74, 6) is 1.39. The molecule has 5 nitrogen and oxygen atoms in total. The zero-order valence-corrected chi connectivity index (χ0v) is 37.1. The molecule has 296 valence electrons. The lowest BCUT2D eigenvalue weighted by atomic mass is 9.77. The molecule has 0 saturated carbocycles. The number of imidazole rings is 1. The zero-order chi connectivity index (χ0) is 41.7. The lowest BCUT2D eigenvalue weighted by molar-refractivity contribution is -0.716. The van der Waals surface area contributed by atoms with Gasteiger partial charge in [-0.2, -0.15) is 19.0 Å². The van der Waals surface area contributed by atoms with Crippen LogP contribution in [0.4, 0.5) is 0 Å². The number of para-hydroxylation sites is 2. The molecule has 0 N–H and O–H groups in total. The van der Waals surface area contributed by atoms with E-state index >= 15 is 0 Å². The second kappa shape index (κ2) is 14.1. The van der Waals surface area contributed by atoms with E-state index in [1.165, 1.54) is 58.9 Å². The minimum Gasteiger partial charge on any atom is -0.258 e. The van der Waals surface area contributed by atoms with Crippen molar-refractivity contribution in [1.29, 1.82) is 5.26 Å². The largest absolute Gasteiger partial charge is 0.301 e. The van der Waals surface area contributed by atoms with Gasteiger partial charge in [0.25, 0.3) is 0 Å². The highest BCUT2D eigenvalue weighted by Gasteiger charge is 2.44. The van der Waals surface area contributed by atoms with E-state index in [9.17, 15) is 5.26 Å². The number of hydrogen-bond acceptors (Lipinski definition) is 3. The molecule has 61 heavy (non-hydrogen) atoms. The fraction of sp³-hybridized carbons (Fsp3) is 0.185. The summed E-state index contributed by atoms with van der Waals surface area (Å²) in [4.78, 5) is 4.85. The van der Waals surface area contributed by atoms with Crippen molar-refractivity contribution in [2.75, 3.05) is 0 Å². The Morgan fingerprint density at radius 2 is 1.57 bits per heavy atom. The number of nitriles is 1. The highest BCUT2D eigenvalue weighted by Crippen LogP contribution is 2.50. The maximum absolute atomic E-state index is 9.79. The molecule has 0 saturated heterocycles. The Kier molecular flexibility index (Phi) is 8.65. The molecule has 0 fully saturated rings. The number of rotatable bonds is 3. The van der Waals surface area contributed by atoms with E-state index < -0.39 is 8.07 Å². The summed E-state index contributed by atoms with van der Waals surface area (Å²) in [6.45, 7) is 16.6. The maximum Gasteiger partial charge on any atom is 0.301 e. The fourth-order valence-corrected chi connectivity index (χ4v) is 12.8. The summed E-state index contributed by atoms with van der Waals surface area (Å²) in [5.41, 5.74) is 16.0. The van der Waals surface area contributed by atoms with Crippen molar-refractivity contribution in [2.24, 2.45) is 0 Å². The van der Waals surface area contributed by atoms with Crippen LogP contribution in [0.15, 0.2) is 140 Å². The van der Waals surface area contributed by atoms with Gasteiger partial charge in [0.15, 0.2) is 23.3 Å². The number of allylic oxidation sites excluding steroid dienone is 1. The molecule has 2 atom stereocenters. The van der Waals surface area contributed by atoms with E-state index in [1.54, 1.807) is 0 Å². The van der Waals surface area contributed by atoms with Gasteiger partial charge in [-0.25, -0.2) is 0 Å². The molecule has 4 aromatic heterocycles. The molecule has 2 aliphatic rings. The molecular weight excluding hydrogens is 779 g/mol. The quantitative estimate of drug-likeness (QED) is 0.132. The molecule has 0 aliphatic carbocycles. The normalized spacial score (nSPS) is 16.1. The first kappa shape index (κ1) is 37.5. The van der Waals surface area contributed by atoms with Crippen LogP contribution < -0.4 is 14.3 Å². The average molecular weight is 826 g/mol. The Bertz CT molecular complexity index is 3320.